The predicted molar refractivity (Wildman–Crippen MR) is 147 cm³/mol. The quantitative estimate of drug-likeness (QED) is 0.189. The summed E-state index contributed by atoms with van der Waals surface area (Å²) in [5.41, 5.74) is 6.47. The summed E-state index contributed by atoms with van der Waals surface area (Å²) in [6.07, 6.45) is 1.68. The van der Waals surface area contributed by atoms with Crippen LogP contribution in [0.1, 0.15) is 29.9 Å². The molecule has 5 aromatic rings. The maximum Gasteiger partial charge on any atom is 0.263 e. The molecule has 0 saturated heterocycles. The van der Waals surface area contributed by atoms with E-state index >= 15 is 0 Å². The van der Waals surface area contributed by atoms with E-state index < -0.39 is 0 Å². The third-order valence-corrected chi connectivity index (χ3v) is 7.88. The Bertz CT molecular complexity index is 1690. The molecule has 0 aliphatic heterocycles. The molecule has 0 spiro atoms. The lowest BCUT2D eigenvalue weighted by molar-refractivity contribution is 0.620. The Morgan fingerprint density at radius 1 is 0.972 bits per heavy atom. The molecule has 3 aromatic carbocycles. The molecule has 1 aliphatic carbocycles. The number of nitriles is 1. The minimum atomic E-state index is -0.218. The molecule has 0 unspecified atom stereocenters. The molecule has 2 heterocycles. The first-order chi connectivity index (χ1) is 17.5. The molecule has 172 valence electrons. The van der Waals surface area contributed by atoms with Crippen LogP contribution in [0.2, 0.25) is 0 Å². The molecule has 6 rings (SSSR count). The Labute approximate surface area is 213 Å². The van der Waals surface area contributed by atoms with Crippen molar-refractivity contribution in [1.29, 1.82) is 5.26 Å². The van der Waals surface area contributed by atoms with Gasteiger partial charge in [-0.1, -0.05) is 56.3 Å². The van der Waals surface area contributed by atoms with E-state index in [0.717, 1.165) is 33.1 Å². The van der Waals surface area contributed by atoms with E-state index in [1.54, 1.807) is 17.4 Å². The standard InChI is InChI=1S/C31H21N3OS/c1-31(2)26-17-23(13-14-25(26)30-27(31)18-24(36-30)16-21(19-32)33-3)34(22-10-5-4-6-11-22)29-15-20-9-7-8-12-28(20)35-29/h4-18H,1-2H3/b21-16-. The topological polar surface area (TPSA) is 44.5 Å². The summed E-state index contributed by atoms with van der Waals surface area (Å²) in [6.45, 7) is 11.7. The molecule has 2 aromatic heterocycles. The summed E-state index contributed by atoms with van der Waals surface area (Å²) in [5.74, 6) is 0.767. The number of nitrogens with zero attached hydrogens (tertiary/aromatic N) is 3. The van der Waals surface area contributed by atoms with Gasteiger partial charge >= 0.3 is 0 Å². The van der Waals surface area contributed by atoms with Crippen molar-refractivity contribution in [3.8, 4) is 16.5 Å². The van der Waals surface area contributed by atoms with Gasteiger partial charge in [0.05, 0.1) is 12.6 Å². The van der Waals surface area contributed by atoms with Gasteiger partial charge in [0.25, 0.3) is 5.70 Å². The van der Waals surface area contributed by atoms with Gasteiger partial charge in [0.15, 0.2) is 0 Å². The molecule has 1 aliphatic rings. The van der Waals surface area contributed by atoms with Crippen LogP contribution in [0.3, 0.4) is 0 Å². The fourth-order valence-electron chi connectivity index (χ4n) is 4.96. The third kappa shape index (κ3) is 3.41. The summed E-state index contributed by atoms with van der Waals surface area (Å²) >= 11 is 1.63. The highest BCUT2D eigenvalue weighted by Crippen LogP contribution is 2.54. The van der Waals surface area contributed by atoms with E-state index in [4.69, 9.17) is 11.0 Å². The van der Waals surface area contributed by atoms with Crippen LogP contribution >= 0.6 is 11.3 Å². The minimum absolute atomic E-state index is 0.104. The number of fused-ring (bicyclic) bond motifs is 4. The highest BCUT2D eigenvalue weighted by atomic mass is 32.1. The number of anilines is 3. The first-order valence-corrected chi connectivity index (χ1v) is 12.4. The zero-order chi connectivity index (χ0) is 24.9. The lowest BCUT2D eigenvalue weighted by Gasteiger charge is -2.26. The zero-order valence-electron chi connectivity index (χ0n) is 19.8. The van der Waals surface area contributed by atoms with Crippen LogP contribution < -0.4 is 4.90 Å². The van der Waals surface area contributed by atoms with E-state index in [9.17, 15) is 5.26 Å². The maximum atomic E-state index is 9.17. The second-order valence-corrected chi connectivity index (χ2v) is 10.4. The normalized spacial score (nSPS) is 13.6. The van der Waals surface area contributed by atoms with Gasteiger partial charge in [0.2, 0.25) is 5.88 Å². The molecular weight excluding hydrogens is 462 g/mol. The van der Waals surface area contributed by atoms with Crippen molar-refractivity contribution < 1.29 is 4.42 Å². The van der Waals surface area contributed by atoms with Crippen molar-refractivity contribution in [3.63, 3.8) is 0 Å². The Balaban J connectivity index is 1.49. The number of hydrogen-bond acceptors (Lipinski definition) is 4. The first kappa shape index (κ1) is 21.9. The van der Waals surface area contributed by atoms with Gasteiger partial charge in [-0.2, -0.15) is 0 Å². The van der Waals surface area contributed by atoms with Crippen LogP contribution in [-0.4, -0.2) is 0 Å². The van der Waals surface area contributed by atoms with Crippen LogP contribution in [0.4, 0.5) is 17.3 Å². The molecule has 4 nitrogen and oxygen atoms in total. The highest BCUT2D eigenvalue weighted by Gasteiger charge is 2.38. The average molecular weight is 484 g/mol. The van der Waals surface area contributed by atoms with Gasteiger partial charge in [-0.3, -0.25) is 4.90 Å². The van der Waals surface area contributed by atoms with Crippen molar-refractivity contribution in [2.45, 2.75) is 19.3 Å². The number of hydrogen-bond donors (Lipinski definition) is 0. The predicted octanol–water partition coefficient (Wildman–Crippen LogP) is 9.05. The van der Waals surface area contributed by atoms with Crippen molar-refractivity contribution >= 4 is 45.6 Å². The Hall–Kier alpha value is -4.58. The lowest BCUT2D eigenvalue weighted by atomic mass is 9.82. The number of benzene rings is 3. The second-order valence-electron chi connectivity index (χ2n) is 9.29. The Morgan fingerprint density at radius 3 is 2.50 bits per heavy atom. The highest BCUT2D eigenvalue weighted by molar-refractivity contribution is 7.16. The number of thiophene rings is 1. The van der Waals surface area contributed by atoms with E-state index in [1.807, 2.05) is 42.5 Å². The minimum Gasteiger partial charge on any atom is -0.440 e. The van der Waals surface area contributed by atoms with Crippen molar-refractivity contribution in [2.24, 2.45) is 0 Å². The number of rotatable bonds is 4. The molecule has 36 heavy (non-hydrogen) atoms. The summed E-state index contributed by atoms with van der Waals surface area (Å²) in [7, 11) is 0. The molecule has 0 amide bonds. The molecule has 0 bridgehead atoms. The van der Waals surface area contributed by atoms with Crippen LogP contribution in [0, 0.1) is 17.9 Å². The SMILES string of the molecule is [C-]#[N+]/C(C#N)=C\c1cc2c(s1)-c1ccc(N(c3ccccc3)c3cc4ccccc4o3)cc1C2(C)C. The lowest BCUT2D eigenvalue weighted by Crippen LogP contribution is -2.16. The fraction of sp³-hybridized carbons (Fsp3) is 0.0968. The number of allylic oxidation sites excluding steroid dienone is 1. The molecule has 0 radical (unpaired) electrons. The van der Waals surface area contributed by atoms with E-state index in [0.29, 0.717) is 0 Å². The van der Waals surface area contributed by atoms with Gasteiger partial charge in [0, 0.05) is 38.0 Å². The van der Waals surface area contributed by atoms with E-state index in [1.165, 1.54) is 21.6 Å². The molecule has 0 atom stereocenters. The molecule has 0 fully saturated rings. The van der Waals surface area contributed by atoms with Gasteiger partial charge in [0.1, 0.15) is 5.58 Å². The first-order valence-electron chi connectivity index (χ1n) is 11.6. The Kier molecular flexibility index (Phi) is 5.04. The summed E-state index contributed by atoms with van der Waals surface area (Å²) in [4.78, 5) is 7.60. The van der Waals surface area contributed by atoms with Gasteiger partial charge in [-0.05, 0) is 59.2 Å². The molecule has 5 heteroatoms. The van der Waals surface area contributed by atoms with Crippen molar-refractivity contribution in [3.05, 3.63) is 118 Å². The zero-order valence-corrected chi connectivity index (χ0v) is 20.6. The summed E-state index contributed by atoms with van der Waals surface area (Å²) in [5, 5.41) is 10.2. The van der Waals surface area contributed by atoms with Gasteiger partial charge < -0.3 is 4.42 Å². The van der Waals surface area contributed by atoms with Crippen LogP contribution in [0.25, 0.3) is 32.3 Å². The largest absolute Gasteiger partial charge is 0.440 e. The van der Waals surface area contributed by atoms with Crippen molar-refractivity contribution in [1.82, 2.24) is 0 Å². The fourth-order valence-corrected chi connectivity index (χ4v) is 6.26. The summed E-state index contributed by atoms with van der Waals surface area (Å²) in [6, 6.07) is 31.1. The van der Waals surface area contributed by atoms with Crippen LogP contribution in [0.5, 0.6) is 0 Å². The van der Waals surface area contributed by atoms with E-state index in [2.05, 4.69) is 72.1 Å². The second kappa shape index (κ2) is 8.27. The number of furan rings is 1. The average Bonchev–Trinajstić information content (AvgIpc) is 3.57. The third-order valence-electron chi connectivity index (χ3n) is 6.77. The van der Waals surface area contributed by atoms with Crippen LogP contribution in [-0.2, 0) is 5.41 Å². The van der Waals surface area contributed by atoms with Gasteiger partial charge in [-0.15, -0.1) is 11.3 Å². The molecule has 0 saturated carbocycles. The molecule has 0 N–H and O–H groups in total. The monoisotopic (exact) mass is 483 g/mol. The van der Waals surface area contributed by atoms with E-state index in [-0.39, 0.29) is 11.1 Å². The molecular formula is C31H21N3OS. The van der Waals surface area contributed by atoms with Crippen molar-refractivity contribution in [2.75, 3.05) is 4.90 Å². The Morgan fingerprint density at radius 2 is 1.75 bits per heavy atom. The maximum absolute atomic E-state index is 9.17. The number of para-hydroxylation sites is 2. The van der Waals surface area contributed by atoms with Gasteiger partial charge in [-0.25, -0.2) is 10.1 Å². The smallest absolute Gasteiger partial charge is 0.263 e. The summed E-state index contributed by atoms with van der Waals surface area (Å²) < 4.78 is 6.30. The van der Waals surface area contributed by atoms with Crippen LogP contribution in [0.15, 0.2) is 95.0 Å².